The fourth-order valence-electron chi connectivity index (χ4n) is 1.75. The molecule has 3 nitrogen and oxygen atoms in total. The van der Waals surface area contributed by atoms with Crippen molar-refractivity contribution in [2.24, 2.45) is 0 Å². The van der Waals surface area contributed by atoms with Gasteiger partial charge in [0.05, 0.1) is 5.69 Å². The maximum atomic E-state index is 13.2. The minimum atomic E-state index is -0.615. The Kier molecular flexibility index (Phi) is 4.04. The summed E-state index contributed by atoms with van der Waals surface area (Å²) < 4.78 is 26.5. The molecule has 0 amide bonds. The molecule has 2 aromatic rings. The molecule has 1 N–H and O–H groups in total. The Morgan fingerprint density at radius 3 is 2.47 bits per heavy atom. The molecule has 0 atom stereocenters. The van der Waals surface area contributed by atoms with E-state index in [4.69, 9.17) is 0 Å². The molecular weight excluding hydrogens is 248 g/mol. The van der Waals surface area contributed by atoms with E-state index in [9.17, 15) is 8.78 Å². The van der Waals surface area contributed by atoms with Crippen molar-refractivity contribution in [3.63, 3.8) is 0 Å². The monoisotopic (exact) mass is 263 g/mol. The minimum absolute atomic E-state index is 0.414. The third-order valence-corrected chi connectivity index (χ3v) is 2.64. The summed E-state index contributed by atoms with van der Waals surface area (Å²) in [7, 11) is 0. The Bertz CT molecular complexity index is 565. The highest BCUT2D eigenvalue weighted by Crippen LogP contribution is 2.23. The van der Waals surface area contributed by atoms with Crippen LogP contribution in [0.3, 0.4) is 0 Å². The van der Waals surface area contributed by atoms with Crippen LogP contribution in [0.25, 0.3) is 11.3 Å². The number of aromatic nitrogens is 2. The Hall–Kier alpha value is -2.04. The first-order chi connectivity index (χ1) is 9.10. The molecule has 19 heavy (non-hydrogen) atoms. The zero-order chi connectivity index (χ0) is 13.8. The lowest BCUT2D eigenvalue weighted by Crippen LogP contribution is -2.05. The van der Waals surface area contributed by atoms with Crippen LogP contribution in [-0.4, -0.2) is 16.5 Å². The second-order valence-corrected chi connectivity index (χ2v) is 4.31. The standard InChI is InChI=1S/C14H15F2N3/c1-3-4-17-14-18-8-9(2)13(19-14)10-5-11(15)7-12(16)6-10/h5-8H,3-4H2,1-2H3,(H,17,18,19). The second-order valence-electron chi connectivity index (χ2n) is 4.31. The maximum absolute atomic E-state index is 13.2. The van der Waals surface area contributed by atoms with Gasteiger partial charge in [-0.2, -0.15) is 0 Å². The van der Waals surface area contributed by atoms with E-state index >= 15 is 0 Å². The number of hydrogen-bond acceptors (Lipinski definition) is 3. The molecule has 0 bridgehead atoms. The summed E-state index contributed by atoms with van der Waals surface area (Å²) in [6.07, 6.45) is 2.59. The van der Waals surface area contributed by atoms with Gasteiger partial charge in [-0.15, -0.1) is 0 Å². The van der Waals surface area contributed by atoms with E-state index in [2.05, 4.69) is 15.3 Å². The normalized spacial score (nSPS) is 10.5. The molecule has 0 saturated carbocycles. The lowest BCUT2D eigenvalue weighted by Gasteiger charge is -2.09. The third kappa shape index (κ3) is 3.24. The number of nitrogens with one attached hydrogen (secondary N) is 1. The van der Waals surface area contributed by atoms with Crippen LogP contribution in [0.15, 0.2) is 24.4 Å². The van der Waals surface area contributed by atoms with Gasteiger partial charge in [-0.1, -0.05) is 6.92 Å². The molecular formula is C14H15F2N3. The summed E-state index contributed by atoms with van der Waals surface area (Å²) in [5.74, 6) is -0.765. The molecule has 0 fully saturated rings. The molecule has 1 heterocycles. The maximum Gasteiger partial charge on any atom is 0.223 e. The number of halogens is 2. The van der Waals surface area contributed by atoms with E-state index in [-0.39, 0.29) is 0 Å². The zero-order valence-electron chi connectivity index (χ0n) is 10.9. The van der Waals surface area contributed by atoms with Crippen molar-refractivity contribution >= 4 is 5.95 Å². The quantitative estimate of drug-likeness (QED) is 0.916. The van der Waals surface area contributed by atoms with Crippen LogP contribution in [-0.2, 0) is 0 Å². The highest BCUT2D eigenvalue weighted by molar-refractivity contribution is 5.63. The molecule has 1 aromatic heterocycles. The van der Waals surface area contributed by atoms with Crippen molar-refractivity contribution in [2.75, 3.05) is 11.9 Å². The summed E-state index contributed by atoms with van der Waals surface area (Å²) in [5, 5.41) is 3.05. The molecule has 100 valence electrons. The fourth-order valence-corrected chi connectivity index (χ4v) is 1.75. The molecule has 0 radical (unpaired) electrons. The SMILES string of the molecule is CCCNc1ncc(C)c(-c2cc(F)cc(F)c2)n1. The van der Waals surface area contributed by atoms with E-state index in [1.807, 2.05) is 13.8 Å². The van der Waals surface area contributed by atoms with Gasteiger partial charge in [0.15, 0.2) is 0 Å². The highest BCUT2D eigenvalue weighted by Gasteiger charge is 2.09. The number of hydrogen-bond donors (Lipinski definition) is 1. The topological polar surface area (TPSA) is 37.8 Å². The first-order valence-electron chi connectivity index (χ1n) is 6.14. The van der Waals surface area contributed by atoms with Crippen molar-refractivity contribution in [1.82, 2.24) is 9.97 Å². The number of anilines is 1. The Balaban J connectivity index is 2.42. The number of nitrogens with zero attached hydrogens (tertiary/aromatic N) is 2. The molecule has 0 unspecified atom stereocenters. The Morgan fingerprint density at radius 2 is 1.84 bits per heavy atom. The predicted molar refractivity (Wildman–Crippen MR) is 70.9 cm³/mol. The second kappa shape index (κ2) is 5.73. The molecule has 1 aromatic carbocycles. The van der Waals surface area contributed by atoms with Gasteiger partial charge in [-0.3, -0.25) is 0 Å². The average Bonchev–Trinajstić information content (AvgIpc) is 2.36. The number of benzene rings is 1. The highest BCUT2D eigenvalue weighted by atomic mass is 19.1. The van der Waals surface area contributed by atoms with E-state index < -0.39 is 11.6 Å². The van der Waals surface area contributed by atoms with Crippen molar-refractivity contribution in [1.29, 1.82) is 0 Å². The van der Waals surface area contributed by atoms with Gasteiger partial charge in [-0.25, -0.2) is 18.7 Å². The molecule has 5 heteroatoms. The summed E-state index contributed by atoms with van der Waals surface area (Å²) in [4.78, 5) is 8.44. The largest absolute Gasteiger partial charge is 0.354 e. The van der Waals surface area contributed by atoms with Gasteiger partial charge in [0.25, 0.3) is 0 Å². The molecule has 0 spiro atoms. The van der Waals surface area contributed by atoms with Gasteiger partial charge in [0, 0.05) is 24.4 Å². The van der Waals surface area contributed by atoms with Crippen LogP contribution in [0.5, 0.6) is 0 Å². The van der Waals surface area contributed by atoms with Crippen molar-refractivity contribution in [3.8, 4) is 11.3 Å². The van der Waals surface area contributed by atoms with Gasteiger partial charge in [-0.05, 0) is 31.0 Å². The van der Waals surface area contributed by atoms with Crippen molar-refractivity contribution in [2.45, 2.75) is 20.3 Å². The van der Waals surface area contributed by atoms with Crippen LogP contribution in [0.4, 0.5) is 14.7 Å². The Labute approximate surface area is 110 Å². The summed E-state index contributed by atoms with van der Waals surface area (Å²) in [6.45, 7) is 4.59. The van der Waals surface area contributed by atoms with Crippen molar-refractivity contribution in [3.05, 3.63) is 41.6 Å². The van der Waals surface area contributed by atoms with Gasteiger partial charge in [0.2, 0.25) is 5.95 Å². The first kappa shape index (κ1) is 13.4. The third-order valence-electron chi connectivity index (χ3n) is 2.64. The molecule has 2 rings (SSSR count). The van der Waals surface area contributed by atoms with E-state index in [0.29, 0.717) is 17.2 Å². The minimum Gasteiger partial charge on any atom is -0.354 e. The lowest BCUT2D eigenvalue weighted by atomic mass is 10.1. The van der Waals surface area contributed by atoms with Crippen LogP contribution < -0.4 is 5.32 Å². The lowest BCUT2D eigenvalue weighted by molar-refractivity contribution is 0.584. The zero-order valence-corrected chi connectivity index (χ0v) is 10.9. The summed E-state index contributed by atoms with van der Waals surface area (Å²) in [6, 6.07) is 3.38. The smallest absolute Gasteiger partial charge is 0.223 e. The van der Waals surface area contributed by atoms with Crippen molar-refractivity contribution < 1.29 is 8.78 Å². The average molecular weight is 263 g/mol. The summed E-state index contributed by atoms with van der Waals surface area (Å²) in [5.41, 5.74) is 1.72. The molecule has 0 aliphatic carbocycles. The number of aryl methyl sites for hydroxylation is 1. The van der Waals surface area contributed by atoms with Crippen LogP contribution in [0.1, 0.15) is 18.9 Å². The van der Waals surface area contributed by atoms with E-state index in [0.717, 1.165) is 24.6 Å². The predicted octanol–water partition coefficient (Wildman–Crippen LogP) is 3.55. The fraction of sp³-hybridized carbons (Fsp3) is 0.286. The Morgan fingerprint density at radius 1 is 1.16 bits per heavy atom. The molecule has 0 aliphatic heterocycles. The van der Waals surface area contributed by atoms with E-state index in [1.165, 1.54) is 12.1 Å². The van der Waals surface area contributed by atoms with Gasteiger partial charge < -0.3 is 5.32 Å². The molecule has 0 saturated heterocycles. The summed E-state index contributed by atoms with van der Waals surface area (Å²) >= 11 is 0. The van der Waals surface area contributed by atoms with Crippen LogP contribution in [0.2, 0.25) is 0 Å². The molecule has 0 aliphatic rings. The number of rotatable bonds is 4. The van der Waals surface area contributed by atoms with Crippen LogP contribution >= 0.6 is 0 Å². The first-order valence-corrected chi connectivity index (χ1v) is 6.14. The van der Waals surface area contributed by atoms with Gasteiger partial charge >= 0.3 is 0 Å². The van der Waals surface area contributed by atoms with Crippen LogP contribution in [0, 0.1) is 18.6 Å². The van der Waals surface area contributed by atoms with E-state index in [1.54, 1.807) is 6.20 Å². The van der Waals surface area contributed by atoms with Gasteiger partial charge in [0.1, 0.15) is 11.6 Å².